The predicted molar refractivity (Wildman–Crippen MR) is 48.8 cm³/mol. The van der Waals surface area contributed by atoms with E-state index in [9.17, 15) is 10.2 Å². The van der Waals surface area contributed by atoms with Crippen molar-refractivity contribution in [3.63, 3.8) is 0 Å². The molecular weight excluding hydrogens is 152 g/mol. The number of rotatable bonds is 1. The molecule has 3 atom stereocenters. The Labute approximate surface area is 74.6 Å². The van der Waals surface area contributed by atoms with Gasteiger partial charge in [0.2, 0.25) is 0 Å². The lowest BCUT2D eigenvalue weighted by Crippen LogP contribution is -2.44. The Balaban J connectivity index is 2.60. The van der Waals surface area contributed by atoms with E-state index in [1.54, 1.807) is 0 Å². The molecule has 0 amide bonds. The lowest BCUT2D eigenvalue weighted by atomic mass is 9.72. The molecule has 0 heterocycles. The highest BCUT2D eigenvalue weighted by Gasteiger charge is 2.38. The van der Waals surface area contributed by atoms with Gasteiger partial charge in [0.25, 0.3) is 0 Å². The normalized spacial score (nSPS) is 43.5. The summed E-state index contributed by atoms with van der Waals surface area (Å²) in [6.45, 7) is 6.10. The molecule has 0 saturated heterocycles. The Morgan fingerprint density at radius 3 is 2.42 bits per heavy atom. The predicted octanol–water partition coefficient (Wildman–Crippen LogP) is 1.55. The third-order valence-electron chi connectivity index (χ3n) is 3.28. The van der Waals surface area contributed by atoms with Crippen molar-refractivity contribution >= 4 is 0 Å². The van der Waals surface area contributed by atoms with Crippen molar-refractivity contribution in [3.8, 4) is 0 Å². The first kappa shape index (κ1) is 10.0. The summed E-state index contributed by atoms with van der Waals surface area (Å²) < 4.78 is 0. The maximum atomic E-state index is 10.1. The van der Waals surface area contributed by atoms with Crippen LogP contribution in [-0.4, -0.2) is 21.9 Å². The molecule has 0 aliphatic heterocycles. The summed E-state index contributed by atoms with van der Waals surface area (Å²) >= 11 is 0. The molecule has 1 aliphatic rings. The molecule has 0 unspecified atom stereocenters. The lowest BCUT2D eigenvalue weighted by Gasteiger charge is -2.41. The van der Waals surface area contributed by atoms with Gasteiger partial charge in [0.1, 0.15) is 0 Å². The van der Waals surface area contributed by atoms with Gasteiger partial charge in [-0.15, -0.1) is 0 Å². The molecule has 2 heteroatoms. The molecule has 2 N–H and O–H groups in total. The van der Waals surface area contributed by atoms with Crippen LogP contribution in [0.2, 0.25) is 0 Å². The summed E-state index contributed by atoms with van der Waals surface area (Å²) in [6, 6.07) is 0. The SMILES string of the molecule is CC(C)[C@]1(O)CC[C@@H](O)[C@@H](C)C1. The van der Waals surface area contributed by atoms with E-state index in [1.165, 1.54) is 0 Å². The minimum absolute atomic E-state index is 0.205. The minimum atomic E-state index is -0.529. The molecular formula is C10H20O2. The van der Waals surface area contributed by atoms with Gasteiger partial charge in [-0.05, 0) is 31.1 Å². The van der Waals surface area contributed by atoms with Gasteiger partial charge in [-0.25, -0.2) is 0 Å². The zero-order valence-electron chi connectivity index (χ0n) is 8.25. The molecule has 1 rings (SSSR count). The second kappa shape index (κ2) is 3.35. The highest BCUT2D eigenvalue weighted by atomic mass is 16.3. The Bertz CT molecular complexity index is 156. The molecule has 0 spiro atoms. The van der Waals surface area contributed by atoms with Crippen LogP contribution >= 0.6 is 0 Å². The molecule has 1 aliphatic carbocycles. The van der Waals surface area contributed by atoms with Gasteiger partial charge < -0.3 is 10.2 Å². The van der Waals surface area contributed by atoms with Gasteiger partial charge in [0, 0.05) is 0 Å². The second-order valence-corrected chi connectivity index (χ2v) is 4.55. The van der Waals surface area contributed by atoms with Gasteiger partial charge in [0.15, 0.2) is 0 Å². The van der Waals surface area contributed by atoms with Gasteiger partial charge >= 0.3 is 0 Å². The molecule has 0 aromatic heterocycles. The summed E-state index contributed by atoms with van der Waals surface area (Å²) in [5.74, 6) is 0.540. The topological polar surface area (TPSA) is 40.5 Å². The van der Waals surface area contributed by atoms with E-state index in [1.807, 2.05) is 20.8 Å². The fraction of sp³-hybridized carbons (Fsp3) is 1.00. The van der Waals surface area contributed by atoms with Crippen molar-refractivity contribution in [1.82, 2.24) is 0 Å². The Hall–Kier alpha value is -0.0800. The smallest absolute Gasteiger partial charge is 0.0675 e. The average Bonchev–Trinajstić information content (AvgIpc) is 1.97. The van der Waals surface area contributed by atoms with Crippen molar-refractivity contribution in [3.05, 3.63) is 0 Å². The van der Waals surface area contributed by atoms with E-state index in [0.717, 1.165) is 19.3 Å². The van der Waals surface area contributed by atoms with Crippen LogP contribution in [0.1, 0.15) is 40.0 Å². The second-order valence-electron chi connectivity index (χ2n) is 4.55. The van der Waals surface area contributed by atoms with Crippen LogP contribution < -0.4 is 0 Å². The third kappa shape index (κ3) is 1.80. The molecule has 72 valence electrons. The molecule has 0 aromatic carbocycles. The van der Waals surface area contributed by atoms with Gasteiger partial charge in [-0.2, -0.15) is 0 Å². The molecule has 0 aromatic rings. The van der Waals surface area contributed by atoms with Crippen LogP contribution in [0.15, 0.2) is 0 Å². The first-order valence-electron chi connectivity index (χ1n) is 4.86. The van der Waals surface area contributed by atoms with Gasteiger partial charge in [0.05, 0.1) is 11.7 Å². The molecule has 1 fully saturated rings. The van der Waals surface area contributed by atoms with E-state index >= 15 is 0 Å². The number of aliphatic hydroxyl groups excluding tert-OH is 1. The van der Waals surface area contributed by atoms with Crippen molar-refractivity contribution in [2.45, 2.75) is 51.7 Å². The maximum Gasteiger partial charge on any atom is 0.0675 e. The number of hydrogen-bond acceptors (Lipinski definition) is 2. The highest BCUT2D eigenvalue weighted by molar-refractivity contribution is 4.90. The number of aliphatic hydroxyl groups is 2. The van der Waals surface area contributed by atoms with Crippen molar-refractivity contribution < 1.29 is 10.2 Å². The maximum absolute atomic E-state index is 10.1. The molecule has 1 saturated carbocycles. The van der Waals surface area contributed by atoms with E-state index in [0.29, 0.717) is 5.92 Å². The van der Waals surface area contributed by atoms with Crippen LogP contribution in [0, 0.1) is 11.8 Å². The monoisotopic (exact) mass is 172 g/mol. The Morgan fingerprint density at radius 1 is 1.42 bits per heavy atom. The Kier molecular flexibility index (Phi) is 2.79. The van der Waals surface area contributed by atoms with Gasteiger partial charge in [-0.3, -0.25) is 0 Å². The van der Waals surface area contributed by atoms with E-state index in [4.69, 9.17) is 0 Å². The summed E-state index contributed by atoms with van der Waals surface area (Å²) in [5, 5.41) is 19.6. The number of hydrogen-bond donors (Lipinski definition) is 2. The zero-order chi connectivity index (χ0) is 9.35. The highest BCUT2D eigenvalue weighted by Crippen LogP contribution is 2.37. The minimum Gasteiger partial charge on any atom is -0.393 e. The summed E-state index contributed by atoms with van der Waals surface area (Å²) in [6.07, 6.45) is 2.03. The Morgan fingerprint density at radius 2 is 2.00 bits per heavy atom. The lowest BCUT2D eigenvalue weighted by molar-refractivity contribution is -0.0866. The molecule has 2 nitrogen and oxygen atoms in total. The molecule has 0 bridgehead atoms. The standard InChI is InChI=1S/C10H20O2/c1-7(2)10(12)5-4-9(11)8(3)6-10/h7-9,11-12H,4-6H2,1-3H3/t8-,9+,10-/m0/s1. The third-order valence-corrected chi connectivity index (χ3v) is 3.28. The summed E-state index contributed by atoms with van der Waals surface area (Å²) in [4.78, 5) is 0. The van der Waals surface area contributed by atoms with Crippen molar-refractivity contribution in [2.24, 2.45) is 11.8 Å². The average molecular weight is 172 g/mol. The molecule has 0 radical (unpaired) electrons. The fourth-order valence-electron chi connectivity index (χ4n) is 2.00. The van der Waals surface area contributed by atoms with E-state index in [-0.39, 0.29) is 12.0 Å². The van der Waals surface area contributed by atoms with E-state index in [2.05, 4.69) is 0 Å². The van der Waals surface area contributed by atoms with Crippen LogP contribution in [0.25, 0.3) is 0 Å². The fourth-order valence-corrected chi connectivity index (χ4v) is 2.00. The zero-order valence-corrected chi connectivity index (χ0v) is 8.25. The van der Waals surface area contributed by atoms with Gasteiger partial charge in [-0.1, -0.05) is 20.8 Å². The van der Waals surface area contributed by atoms with Crippen molar-refractivity contribution in [1.29, 1.82) is 0 Å². The van der Waals surface area contributed by atoms with Crippen molar-refractivity contribution in [2.75, 3.05) is 0 Å². The van der Waals surface area contributed by atoms with Crippen LogP contribution in [0.3, 0.4) is 0 Å². The van der Waals surface area contributed by atoms with E-state index < -0.39 is 5.60 Å². The largest absolute Gasteiger partial charge is 0.393 e. The summed E-state index contributed by atoms with van der Waals surface area (Å²) in [5.41, 5.74) is -0.529. The first-order chi connectivity index (χ1) is 5.46. The molecule has 12 heavy (non-hydrogen) atoms. The summed E-state index contributed by atoms with van der Waals surface area (Å²) in [7, 11) is 0. The quantitative estimate of drug-likeness (QED) is 0.630. The first-order valence-corrected chi connectivity index (χ1v) is 4.86. The van der Waals surface area contributed by atoms with Crippen LogP contribution in [0.5, 0.6) is 0 Å². The van der Waals surface area contributed by atoms with Crippen LogP contribution in [-0.2, 0) is 0 Å². The van der Waals surface area contributed by atoms with Crippen LogP contribution in [0.4, 0.5) is 0 Å².